The Hall–Kier alpha value is -1.14. The number of carbonyl (C=O) groups excluding carboxylic acids is 1. The van der Waals surface area contributed by atoms with Crippen molar-refractivity contribution in [3.63, 3.8) is 0 Å². The Kier molecular flexibility index (Phi) is 3.81. The molecule has 1 aliphatic heterocycles. The topological polar surface area (TPSA) is 84.9 Å². The molecule has 6 nitrogen and oxygen atoms in total. The molecule has 2 aliphatic rings. The van der Waals surface area contributed by atoms with E-state index in [1.54, 1.807) is 7.11 Å². The molecule has 0 radical (unpaired) electrons. The first-order valence-electron chi connectivity index (χ1n) is 6.95. The fourth-order valence-electron chi connectivity index (χ4n) is 3.00. The zero-order valence-corrected chi connectivity index (χ0v) is 12.4. The highest BCUT2D eigenvalue weighted by molar-refractivity contribution is 5.83. The Balaban J connectivity index is 1.90. The summed E-state index contributed by atoms with van der Waals surface area (Å²) in [7, 11) is 1.68. The molecule has 0 bridgehead atoms. The average molecular weight is 285 g/mol. The zero-order chi connectivity index (χ0) is 15.1. The van der Waals surface area contributed by atoms with Gasteiger partial charge < -0.3 is 19.9 Å². The van der Waals surface area contributed by atoms with Crippen molar-refractivity contribution in [1.29, 1.82) is 0 Å². The number of aliphatic carboxylic acids is 1. The van der Waals surface area contributed by atoms with Crippen molar-refractivity contribution in [1.82, 2.24) is 5.32 Å². The number of carboxylic acid groups (broad SMARTS) is 1. The number of methoxy groups -OCH3 is 1. The van der Waals surface area contributed by atoms with Crippen LogP contribution in [0.5, 0.6) is 0 Å². The van der Waals surface area contributed by atoms with Crippen LogP contribution in [0.25, 0.3) is 0 Å². The molecule has 1 aliphatic carbocycles. The molecule has 0 aromatic carbocycles. The summed E-state index contributed by atoms with van der Waals surface area (Å²) in [6.45, 7) is 6.14. The summed E-state index contributed by atoms with van der Waals surface area (Å²) in [6, 6.07) is 0.0208. The maximum Gasteiger partial charge on any atom is 0.332 e. The smallest absolute Gasteiger partial charge is 0.332 e. The van der Waals surface area contributed by atoms with Crippen molar-refractivity contribution in [3.05, 3.63) is 0 Å². The highest BCUT2D eigenvalue weighted by atomic mass is 16.5. The molecular weight excluding hydrogens is 262 g/mol. The van der Waals surface area contributed by atoms with E-state index in [0.717, 1.165) is 6.42 Å². The Morgan fingerprint density at radius 2 is 1.85 bits per heavy atom. The van der Waals surface area contributed by atoms with Gasteiger partial charge in [0.05, 0.1) is 5.60 Å². The van der Waals surface area contributed by atoms with Crippen LogP contribution in [0.3, 0.4) is 0 Å². The molecule has 6 heteroatoms. The molecule has 0 aromatic rings. The predicted octanol–water partition coefficient (Wildman–Crippen LogP) is 0.938. The molecule has 4 atom stereocenters. The second-order valence-electron chi connectivity index (χ2n) is 6.45. The molecule has 1 heterocycles. The predicted molar refractivity (Wildman–Crippen MR) is 71.3 cm³/mol. The summed E-state index contributed by atoms with van der Waals surface area (Å²) in [5, 5.41) is 11.8. The van der Waals surface area contributed by atoms with Crippen molar-refractivity contribution >= 4 is 11.9 Å². The van der Waals surface area contributed by atoms with E-state index in [2.05, 4.69) is 19.2 Å². The first-order valence-corrected chi connectivity index (χ1v) is 6.95. The lowest BCUT2D eigenvalue weighted by molar-refractivity contribution is -0.184. The lowest BCUT2D eigenvalue weighted by Crippen LogP contribution is -2.69. The number of ether oxygens (including phenoxy) is 2. The van der Waals surface area contributed by atoms with Crippen molar-refractivity contribution in [3.8, 4) is 0 Å². The first-order chi connectivity index (χ1) is 9.21. The molecule has 20 heavy (non-hydrogen) atoms. The van der Waals surface area contributed by atoms with Crippen LogP contribution in [0, 0.1) is 5.41 Å². The maximum atomic E-state index is 12.1. The third-order valence-corrected chi connectivity index (χ3v) is 5.18. The number of rotatable bonds is 4. The summed E-state index contributed by atoms with van der Waals surface area (Å²) in [4.78, 5) is 22.9. The van der Waals surface area contributed by atoms with E-state index in [4.69, 9.17) is 14.6 Å². The van der Waals surface area contributed by atoms with E-state index in [1.807, 2.05) is 6.92 Å². The first kappa shape index (κ1) is 15.3. The minimum Gasteiger partial charge on any atom is -0.479 e. The fourth-order valence-corrected chi connectivity index (χ4v) is 3.00. The van der Waals surface area contributed by atoms with Crippen molar-refractivity contribution in [2.45, 2.75) is 63.9 Å². The fraction of sp³-hybridized carbons (Fsp3) is 0.857. The van der Waals surface area contributed by atoms with E-state index in [0.29, 0.717) is 12.8 Å². The second kappa shape index (κ2) is 5.00. The molecule has 1 saturated carbocycles. The molecule has 1 saturated heterocycles. The van der Waals surface area contributed by atoms with E-state index in [9.17, 15) is 9.59 Å². The number of carbonyl (C=O) groups is 2. The summed E-state index contributed by atoms with van der Waals surface area (Å²) in [6.07, 6.45) is 0.0807. The van der Waals surface area contributed by atoms with E-state index in [-0.39, 0.29) is 23.0 Å². The number of carboxylic acids is 1. The van der Waals surface area contributed by atoms with E-state index in [1.165, 1.54) is 0 Å². The van der Waals surface area contributed by atoms with Gasteiger partial charge in [-0.15, -0.1) is 0 Å². The highest BCUT2D eigenvalue weighted by Crippen LogP contribution is 2.51. The van der Waals surface area contributed by atoms with Crippen LogP contribution >= 0.6 is 0 Å². The third kappa shape index (κ3) is 2.31. The Labute approximate surface area is 118 Å². The maximum absolute atomic E-state index is 12.1. The molecule has 2 unspecified atom stereocenters. The Morgan fingerprint density at radius 3 is 2.30 bits per heavy atom. The molecule has 2 rings (SSSR count). The SMILES string of the molecule is COC1(C)CC(NC(=O)[C@@H]2CC[C@H](C(=O)O)O2)C1(C)C. The Morgan fingerprint density at radius 1 is 1.25 bits per heavy atom. The van der Waals surface area contributed by atoms with Gasteiger partial charge in [0.2, 0.25) is 5.91 Å². The van der Waals surface area contributed by atoms with Crippen molar-refractivity contribution in [2.24, 2.45) is 5.41 Å². The summed E-state index contributed by atoms with van der Waals surface area (Å²) in [5.74, 6) is -1.22. The van der Waals surface area contributed by atoms with E-state index < -0.39 is 18.2 Å². The van der Waals surface area contributed by atoms with Crippen LogP contribution in [0.2, 0.25) is 0 Å². The van der Waals surface area contributed by atoms with Gasteiger partial charge in [-0.1, -0.05) is 13.8 Å². The monoisotopic (exact) mass is 285 g/mol. The molecule has 114 valence electrons. The molecule has 0 aromatic heterocycles. The van der Waals surface area contributed by atoms with Gasteiger partial charge in [-0.25, -0.2) is 4.79 Å². The number of nitrogens with one attached hydrogen (secondary N) is 1. The normalized spacial score (nSPS) is 39.1. The van der Waals surface area contributed by atoms with Crippen molar-refractivity contribution < 1.29 is 24.2 Å². The van der Waals surface area contributed by atoms with Gasteiger partial charge in [0.15, 0.2) is 6.10 Å². The van der Waals surface area contributed by atoms with Crippen LogP contribution in [0.4, 0.5) is 0 Å². The highest BCUT2D eigenvalue weighted by Gasteiger charge is 2.58. The molecule has 0 spiro atoms. The minimum atomic E-state index is -1.00. The lowest BCUT2D eigenvalue weighted by atomic mass is 9.56. The van der Waals surface area contributed by atoms with Gasteiger partial charge >= 0.3 is 5.97 Å². The quantitative estimate of drug-likeness (QED) is 0.803. The van der Waals surface area contributed by atoms with Gasteiger partial charge in [-0.3, -0.25) is 4.79 Å². The van der Waals surface area contributed by atoms with Gasteiger partial charge in [0, 0.05) is 18.6 Å². The molecule has 2 fully saturated rings. The van der Waals surface area contributed by atoms with Crippen LogP contribution < -0.4 is 5.32 Å². The number of hydrogen-bond acceptors (Lipinski definition) is 4. The Bertz CT molecular complexity index is 422. The van der Waals surface area contributed by atoms with Gasteiger partial charge in [-0.05, 0) is 26.2 Å². The largest absolute Gasteiger partial charge is 0.479 e. The summed E-state index contributed by atoms with van der Waals surface area (Å²) >= 11 is 0. The van der Waals surface area contributed by atoms with Crippen molar-refractivity contribution in [2.75, 3.05) is 7.11 Å². The van der Waals surface area contributed by atoms with E-state index >= 15 is 0 Å². The average Bonchev–Trinajstić information content (AvgIpc) is 2.87. The van der Waals surface area contributed by atoms with Gasteiger partial charge in [0.1, 0.15) is 6.10 Å². The van der Waals surface area contributed by atoms with Crippen LogP contribution in [-0.4, -0.2) is 47.9 Å². The van der Waals surface area contributed by atoms with Crippen LogP contribution in [0.1, 0.15) is 40.0 Å². The standard InChI is InChI=1S/C14H23NO5/c1-13(2)10(7-14(13,3)19-4)15-11(16)8-5-6-9(20-8)12(17)18/h8-10H,5-7H2,1-4H3,(H,15,16)(H,17,18)/t8-,9+,10?,14?/m0/s1. The lowest BCUT2D eigenvalue weighted by Gasteiger charge is -2.59. The third-order valence-electron chi connectivity index (χ3n) is 5.18. The molecule has 1 amide bonds. The number of hydrogen-bond donors (Lipinski definition) is 2. The second-order valence-corrected chi connectivity index (χ2v) is 6.45. The van der Waals surface area contributed by atoms with Crippen LogP contribution in [-0.2, 0) is 19.1 Å². The molecular formula is C14H23NO5. The molecule has 2 N–H and O–H groups in total. The summed E-state index contributed by atoms with van der Waals surface area (Å²) in [5.41, 5.74) is -0.409. The zero-order valence-electron chi connectivity index (χ0n) is 12.4. The minimum absolute atomic E-state index is 0.0208. The summed E-state index contributed by atoms with van der Waals surface area (Å²) < 4.78 is 10.8. The van der Waals surface area contributed by atoms with Crippen LogP contribution in [0.15, 0.2) is 0 Å². The van der Waals surface area contributed by atoms with Gasteiger partial charge in [-0.2, -0.15) is 0 Å². The number of amides is 1. The van der Waals surface area contributed by atoms with Gasteiger partial charge in [0.25, 0.3) is 0 Å².